The fourth-order valence-corrected chi connectivity index (χ4v) is 6.94. The zero-order valence-electron chi connectivity index (χ0n) is 22.5. The number of carbonyl (C=O) groups is 3. The quantitative estimate of drug-likeness (QED) is 0.249. The van der Waals surface area contributed by atoms with Crippen LogP contribution < -0.4 is 10.2 Å². The van der Waals surface area contributed by atoms with Gasteiger partial charge in [-0.3, -0.25) is 19.7 Å². The summed E-state index contributed by atoms with van der Waals surface area (Å²) in [5, 5.41) is 17.1. The monoisotopic (exact) mass is 543 g/mol. The molecule has 3 heterocycles. The average Bonchev–Trinajstić information content (AvgIpc) is 3.65. The second-order valence-electron chi connectivity index (χ2n) is 11.0. The molecular weight excluding hydrogens is 514 g/mol. The molecule has 7 heteroatoms. The third-order valence-electron chi connectivity index (χ3n) is 8.94. The number of nitrogens with zero attached hydrogens (tertiary/aromatic N) is 1. The van der Waals surface area contributed by atoms with Crippen LogP contribution in [0.5, 0.6) is 0 Å². The summed E-state index contributed by atoms with van der Waals surface area (Å²) in [6.07, 6.45) is 2.67. The van der Waals surface area contributed by atoms with Crippen LogP contribution in [0.15, 0.2) is 97.2 Å². The fraction of sp³-hybridized carbons (Fsp3) is 0.206. The highest BCUT2D eigenvalue weighted by Gasteiger charge is 2.68. The van der Waals surface area contributed by atoms with E-state index in [1.54, 1.807) is 18.3 Å². The number of aryl methyl sites for hydroxylation is 1. The summed E-state index contributed by atoms with van der Waals surface area (Å²) >= 11 is 0. The van der Waals surface area contributed by atoms with Gasteiger partial charge in [-0.05, 0) is 52.1 Å². The van der Waals surface area contributed by atoms with Crippen molar-refractivity contribution in [1.29, 1.82) is 0 Å². The van der Waals surface area contributed by atoms with Crippen LogP contribution in [0.4, 0.5) is 5.69 Å². The molecule has 1 aromatic heterocycles. The van der Waals surface area contributed by atoms with Crippen molar-refractivity contribution in [1.82, 2.24) is 10.3 Å². The molecule has 0 spiro atoms. The van der Waals surface area contributed by atoms with E-state index in [1.807, 2.05) is 85.8 Å². The maximum Gasteiger partial charge on any atom is 0.325 e. The van der Waals surface area contributed by atoms with Gasteiger partial charge < -0.3 is 10.1 Å². The Kier molecular flexibility index (Phi) is 5.80. The number of carboxylic acid groups (broad SMARTS) is 1. The first-order chi connectivity index (χ1) is 19.9. The Morgan fingerprint density at radius 3 is 2.34 bits per heavy atom. The van der Waals surface area contributed by atoms with Crippen molar-refractivity contribution in [3.8, 4) is 0 Å². The molecule has 0 aliphatic carbocycles. The van der Waals surface area contributed by atoms with E-state index in [2.05, 4.69) is 10.3 Å². The standard InChI is InChI=1S/C34H29N3O4/c1-2-20-14-16-23(17-15-20)37-31(38)28-29(32(37)39)34(33(40)41,18-22-19-35-27-13-6-5-11-25(22)27)36-30(28)26-12-7-9-21-8-3-4-10-24(21)26/h3-17,19,28-30,35-36H,2,18H2,1H3,(H,40,41). The van der Waals surface area contributed by atoms with Gasteiger partial charge in [-0.15, -0.1) is 0 Å². The minimum absolute atomic E-state index is 0.0381. The van der Waals surface area contributed by atoms with E-state index in [-0.39, 0.29) is 12.3 Å². The van der Waals surface area contributed by atoms with Crippen LogP contribution in [0, 0.1) is 11.8 Å². The van der Waals surface area contributed by atoms with Crippen molar-refractivity contribution in [2.75, 3.05) is 4.90 Å². The minimum Gasteiger partial charge on any atom is -0.480 e. The number of aliphatic carboxylic acids is 1. The van der Waals surface area contributed by atoms with Crippen LogP contribution >= 0.6 is 0 Å². The summed E-state index contributed by atoms with van der Waals surface area (Å²) in [5.74, 6) is -4.00. The van der Waals surface area contributed by atoms with Crippen molar-refractivity contribution in [2.45, 2.75) is 31.3 Å². The van der Waals surface area contributed by atoms with Gasteiger partial charge in [0.25, 0.3) is 0 Å². The number of carboxylic acids is 1. The number of fused-ring (bicyclic) bond motifs is 3. The predicted octanol–water partition coefficient (Wildman–Crippen LogP) is 5.40. The first-order valence-corrected chi connectivity index (χ1v) is 13.9. The van der Waals surface area contributed by atoms with Crippen LogP contribution in [-0.2, 0) is 27.2 Å². The van der Waals surface area contributed by atoms with Gasteiger partial charge >= 0.3 is 5.97 Å². The van der Waals surface area contributed by atoms with Crippen LogP contribution in [0.2, 0.25) is 0 Å². The molecular formula is C34H29N3O4. The number of aromatic nitrogens is 1. The summed E-state index contributed by atoms with van der Waals surface area (Å²) in [7, 11) is 0. The van der Waals surface area contributed by atoms with E-state index >= 15 is 0 Å². The lowest BCUT2D eigenvalue weighted by molar-refractivity contribution is -0.148. The fourth-order valence-electron chi connectivity index (χ4n) is 6.94. The Hall–Kier alpha value is -4.75. The number of imide groups is 1. The molecule has 2 aliphatic rings. The summed E-state index contributed by atoms with van der Waals surface area (Å²) < 4.78 is 0. The molecule has 4 unspecified atom stereocenters. The van der Waals surface area contributed by atoms with Crippen LogP contribution in [-0.4, -0.2) is 33.4 Å². The maximum absolute atomic E-state index is 14.3. The van der Waals surface area contributed by atoms with Gasteiger partial charge in [-0.1, -0.05) is 79.7 Å². The third-order valence-corrected chi connectivity index (χ3v) is 8.94. The highest BCUT2D eigenvalue weighted by Crippen LogP contribution is 2.52. The SMILES string of the molecule is CCc1ccc(N2C(=O)C3C(c4cccc5ccccc45)NC(Cc4c[nH]c5ccccc45)(C(=O)O)C3C2=O)cc1. The topological polar surface area (TPSA) is 102 Å². The number of para-hydroxylation sites is 1. The number of aromatic amines is 1. The van der Waals surface area contributed by atoms with Crippen molar-refractivity contribution < 1.29 is 19.5 Å². The lowest BCUT2D eigenvalue weighted by atomic mass is 9.76. The molecule has 0 saturated carbocycles. The maximum atomic E-state index is 14.3. The number of amides is 2. The number of benzene rings is 4. The van der Waals surface area contributed by atoms with E-state index in [0.717, 1.165) is 44.8 Å². The molecule has 41 heavy (non-hydrogen) atoms. The molecule has 2 amide bonds. The molecule has 4 atom stereocenters. The van der Waals surface area contributed by atoms with Crippen molar-refractivity contribution in [3.63, 3.8) is 0 Å². The van der Waals surface area contributed by atoms with Gasteiger partial charge in [0.05, 0.1) is 17.5 Å². The lowest BCUT2D eigenvalue weighted by Gasteiger charge is -2.31. The molecule has 7 nitrogen and oxygen atoms in total. The molecule has 0 bridgehead atoms. The van der Waals surface area contributed by atoms with Gasteiger partial charge in [-0.25, -0.2) is 4.90 Å². The number of H-pyrrole nitrogens is 1. The van der Waals surface area contributed by atoms with Crippen LogP contribution in [0.3, 0.4) is 0 Å². The highest BCUT2D eigenvalue weighted by atomic mass is 16.4. The summed E-state index contributed by atoms with van der Waals surface area (Å²) in [6, 6.07) is 28.0. The van der Waals surface area contributed by atoms with Gasteiger partial charge in [0.15, 0.2) is 0 Å². The Morgan fingerprint density at radius 2 is 1.59 bits per heavy atom. The summed E-state index contributed by atoms with van der Waals surface area (Å²) in [4.78, 5) is 46.4. The first kappa shape index (κ1) is 25.2. The van der Waals surface area contributed by atoms with Crippen LogP contribution in [0.1, 0.15) is 29.7 Å². The molecule has 4 aromatic carbocycles. The van der Waals surface area contributed by atoms with Crippen molar-refractivity contribution >= 4 is 45.1 Å². The van der Waals surface area contributed by atoms with Gasteiger partial charge in [-0.2, -0.15) is 0 Å². The van der Waals surface area contributed by atoms with Gasteiger partial charge in [0.1, 0.15) is 5.54 Å². The second kappa shape index (κ2) is 9.42. The largest absolute Gasteiger partial charge is 0.480 e. The second-order valence-corrected chi connectivity index (χ2v) is 11.0. The Morgan fingerprint density at radius 1 is 0.878 bits per heavy atom. The minimum atomic E-state index is -1.71. The number of nitrogens with one attached hydrogen (secondary N) is 2. The molecule has 204 valence electrons. The molecule has 2 aliphatic heterocycles. The Bertz CT molecular complexity index is 1840. The molecule has 2 saturated heterocycles. The molecule has 3 N–H and O–H groups in total. The molecule has 0 radical (unpaired) electrons. The Balaban J connectivity index is 1.41. The number of hydrogen-bond acceptors (Lipinski definition) is 4. The molecule has 7 rings (SSSR count). The first-order valence-electron chi connectivity index (χ1n) is 13.9. The number of hydrogen-bond donors (Lipinski definition) is 3. The van der Waals surface area contributed by atoms with Crippen molar-refractivity contribution in [3.05, 3.63) is 114 Å². The summed E-state index contributed by atoms with van der Waals surface area (Å²) in [6.45, 7) is 2.04. The normalized spacial score (nSPS) is 23.9. The smallest absolute Gasteiger partial charge is 0.325 e. The van der Waals surface area contributed by atoms with Crippen molar-refractivity contribution in [2.24, 2.45) is 11.8 Å². The van der Waals surface area contributed by atoms with E-state index in [4.69, 9.17) is 0 Å². The third kappa shape index (κ3) is 3.73. The van der Waals surface area contributed by atoms with E-state index < -0.39 is 35.3 Å². The number of carbonyl (C=O) groups excluding carboxylic acids is 2. The Labute approximate surface area is 236 Å². The van der Waals surface area contributed by atoms with Gasteiger partial charge in [0, 0.05) is 29.6 Å². The zero-order chi connectivity index (χ0) is 28.3. The number of anilines is 1. The zero-order valence-corrected chi connectivity index (χ0v) is 22.5. The predicted molar refractivity (Wildman–Crippen MR) is 157 cm³/mol. The van der Waals surface area contributed by atoms with E-state index in [1.165, 1.54) is 4.90 Å². The number of rotatable bonds is 6. The molecule has 5 aromatic rings. The van der Waals surface area contributed by atoms with E-state index in [9.17, 15) is 19.5 Å². The lowest BCUT2D eigenvalue weighted by Crippen LogP contribution is -2.57. The average molecular weight is 544 g/mol. The van der Waals surface area contributed by atoms with Crippen LogP contribution in [0.25, 0.3) is 21.7 Å². The molecule has 2 fully saturated rings. The van der Waals surface area contributed by atoms with E-state index in [0.29, 0.717) is 5.69 Å². The highest BCUT2D eigenvalue weighted by molar-refractivity contribution is 6.24. The summed E-state index contributed by atoms with van der Waals surface area (Å²) in [5.41, 5.74) is 2.32. The van der Waals surface area contributed by atoms with Gasteiger partial charge in [0.2, 0.25) is 11.8 Å².